The van der Waals surface area contributed by atoms with Crippen LogP contribution >= 0.6 is 0 Å². The van der Waals surface area contributed by atoms with Gasteiger partial charge in [0.25, 0.3) is 0 Å². The molecule has 0 amide bonds. The molecule has 0 aliphatic heterocycles. The number of hydrogen-bond donors (Lipinski definition) is 1. The molecule has 0 radical (unpaired) electrons. The molecule has 0 unspecified atom stereocenters. The molecule has 0 fully saturated rings. The highest BCUT2D eigenvalue weighted by molar-refractivity contribution is 4.66. The Hall–Kier alpha value is -0.260. The van der Waals surface area contributed by atoms with Crippen LogP contribution in [-0.2, 0) is 9.47 Å². The third kappa shape index (κ3) is 4.23. The van der Waals surface area contributed by atoms with Gasteiger partial charge in [0.15, 0.2) is 6.29 Å². The molecule has 0 bridgehead atoms. The number of nitrogens with two attached hydrogens (primary N) is 1. The lowest BCUT2D eigenvalue weighted by Crippen LogP contribution is -2.38. The maximum Gasteiger partial charge on any atom is 0.240 e. The zero-order valence-corrected chi connectivity index (χ0v) is 6.59. The minimum Gasteiger partial charge on any atom is -0.354 e. The maximum atomic E-state index is 11.7. The Kier molecular flexibility index (Phi) is 5.27. The Morgan fingerprint density at radius 3 is 2.00 bits per heavy atom. The Morgan fingerprint density at radius 1 is 1.27 bits per heavy atom. The van der Waals surface area contributed by atoms with Crippen molar-refractivity contribution in [3.8, 4) is 0 Å². The van der Waals surface area contributed by atoms with Gasteiger partial charge in [-0.05, 0) is 0 Å². The van der Waals surface area contributed by atoms with Gasteiger partial charge in [-0.15, -0.1) is 0 Å². The zero-order chi connectivity index (χ0) is 8.85. The lowest BCUT2D eigenvalue weighted by molar-refractivity contribution is -0.123. The second-order valence-electron chi connectivity index (χ2n) is 2.13. The quantitative estimate of drug-likeness (QED) is 0.612. The van der Waals surface area contributed by atoms with Crippen molar-refractivity contribution >= 4 is 0 Å². The first-order valence-electron chi connectivity index (χ1n) is 3.21. The number of methoxy groups -OCH3 is 2. The fraction of sp³-hybridized carbons (Fsp3) is 1.00. The van der Waals surface area contributed by atoms with Crippen LogP contribution in [0.15, 0.2) is 0 Å². The van der Waals surface area contributed by atoms with E-state index in [1.807, 2.05) is 0 Å². The highest BCUT2D eigenvalue weighted by Gasteiger charge is 2.20. The van der Waals surface area contributed by atoms with Crippen molar-refractivity contribution in [1.29, 1.82) is 0 Å². The molecule has 1 atom stereocenters. The summed E-state index contributed by atoms with van der Waals surface area (Å²) in [4.78, 5) is 0. The Bertz CT molecular complexity index is 98.6. The van der Waals surface area contributed by atoms with Gasteiger partial charge in [-0.1, -0.05) is 0 Å². The molecule has 0 aliphatic carbocycles. The molecule has 3 nitrogen and oxygen atoms in total. The van der Waals surface area contributed by atoms with Crippen molar-refractivity contribution in [3.05, 3.63) is 0 Å². The van der Waals surface area contributed by atoms with E-state index in [9.17, 15) is 8.78 Å². The predicted molar refractivity (Wildman–Crippen MR) is 36.4 cm³/mol. The summed E-state index contributed by atoms with van der Waals surface area (Å²) in [7, 11) is 2.72. The standard InChI is InChI=1S/C6H13F2NO2/c1-10-6(11-2)4(9)3-5(7)8/h4-6H,3,9H2,1-2H3/t4-/m0/s1. The van der Waals surface area contributed by atoms with Gasteiger partial charge in [-0.3, -0.25) is 0 Å². The lowest BCUT2D eigenvalue weighted by Gasteiger charge is -2.20. The van der Waals surface area contributed by atoms with Crippen molar-refractivity contribution in [3.63, 3.8) is 0 Å². The van der Waals surface area contributed by atoms with Gasteiger partial charge < -0.3 is 15.2 Å². The van der Waals surface area contributed by atoms with E-state index in [2.05, 4.69) is 9.47 Å². The summed E-state index contributed by atoms with van der Waals surface area (Å²) in [5, 5.41) is 0. The minimum absolute atomic E-state index is 0.410. The molecule has 0 saturated heterocycles. The van der Waals surface area contributed by atoms with E-state index in [0.717, 1.165) is 0 Å². The van der Waals surface area contributed by atoms with Gasteiger partial charge in [0.05, 0.1) is 6.04 Å². The molecule has 11 heavy (non-hydrogen) atoms. The topological polar surface area (TPSA) is 44.5 Å². The van der Waals surface area contributed by atoms with Crippen LogP contribution in [0.1, 0.15) is 6.42 Å². The summed E-state index contributed by atoms with van der Waals surface area (Å²) in [6, 6.07) is -0.773. The van der Waals surface area contributed by atoms with Crippen LogP contribution in [0, 0.1) is 0 Å². The average Bonchev–Trinajstić information content (AvgIpc) is 1.88. The van der Waals surface area contributed by atoms with E-state index >= 15 is 0 Å². The summed E-state index contributed by atoms with van der Waals surface area (Å²) in [6.07, 6.45) is -3.58. The van der Waals surface area contributed by atoms with Crippen LogP contribution < -0.4 is 5.73 Å². The van der Waals surface area contributed by atoms with Crippen molar-refractivity contribution in [1.82, 2.24) is 0 Å². The van der Waals surface area contributed by atoms with Gasteiger partial charge in [-0.2, -0.15) is 0 Å². The summed E-state index contributed by atoms with van der Waals surface area (Å²) in [5.41, 5.74) is 5.31. The second-order valence-corrected chi connectivity index (χ2v) is 2.13. The van der Waals surface area contributed by atoms with E-state index < -0.39 is 25.2 Å². The van der Waals surface area contributed by atoms with Crippen LogP contribution in [0.3, 0.4) is 0 Å². The summed E-state index contributed by atoms with van der Waals surface area (Å²) in [5.74, 6) is 0. The molecule has 0 aromatic rings. The number of rotatable bonds is 5. The molecular weight excluding hydrogens is 156 g/mol. The van der Waals surface area contributed by atoms with Gasteiger partial charge in [0.2, 0.25) is 6.43 Å². The van der Waals surface area contributed by atoms with Crippen LogP contribution in [0.2, 0.25) is 0 Å². The predicted octanol–water partition coefficient (Wildman–Crippen LogP) is 0.588. The largest absolute Gasteiger partial charge is 0.354 e. The summed E-state index contributed by atoms with van der Waals surface area (Å²) < 4.78 is 32.8. The van der Waals surface area contributed by atoms with E-state index in [4.69, 9.17) is 5.73 Å². The first kappa shape index (κ1) is 10.7. The molecule has 0 rings (SSSR count). The molecule has 0 saturated carbocycles. The monoisotopic (exact) mass is 169 g/mol. The van der Waals surface area contributed by atoms with Gasteiger partial charge in [-0.25, -0.2) is 8.78 Å². The maximum absolute atomic E-state index is 11.7. The molecule has 0 aromatic carbocycles. The number of ether oxygens (including phenoxy) is 2. The second kappa shape index (κ2) is 5.40. The van der Waals surface area contributed by atoms with Gasteiger partial charge in [0.1, 0.15) is 0 Å². The minimum atomic E-state index is -2.42. The molecular formula is C6H13F2NO2. The van der Waals surface area contributed by atoms with Crippen LogP contribution in [-0.4, -0.2) is 33.0 Å². The van der Waals surface area contributed by atoms with E-state index in [-0.39, 0.29) is 0 Å². The van der Waals surface area contributed by atoms with E-state index in [1.54, 1.807) is 0 Å². The highest BCUT2D eigenvalue weighted by Crippen LogP contribution is 2.07. The fourth-order valence-corrected chi connectivity index (χ4v) is 0.763. The Balaban J connectivity index is 3.68. The van der Waals surface area contributed by atoms with Crippen molar-refractivity contribution in [2.24, 2.45) is 5.73 Å². The van der Waals surface area contributed by atoms with Crippen molar-refractivity contribution in [2.75, 3.05) is 14.2 Å². The Morgan fingerprint density at radius 2 is 1.73 bits per heavy atom. The lowest BCUT2D eigenvalue weighted by atomic mass is 10.2. The number of hydrogen-bond acceptors (Lipinski definition) is 3. The zero-order valence-electron chi connectivity index (χ0n) is 6.59. The first-order chi connectivity index (χ1) is 5.11. The highest BCUT2D eigenvalue weighted by atomic mass is 19.3. The third-order valence-corrected chi connectivity index (χ3v) is 1.26. The van der Waals surface area contributed by atoms with Crippen LogP contribution in [0.4, 0.5) is 8.78 Å². The molecule has 5 heteroatoms. The third-order valence-electron chi connectivity index (χ3n) is 1.26. The molecule has 0 heterocycles. The fourth-order valence-electron chi connectivity index (χ4n) is 0.763. The molecule has 68 valence electrons. The van der Waals surface area contributed by atoms with Gasteiger partial charge in [0, 0.05) is 20.6 Å². The number of halogens is 2. The molecule has 0 aromatic heterocycles. The van der Waals surface area contributed by atoms with Crippen LogP contribution in [0.25, 0.3) is 0 Å². The van der Waals surface area contributed by atoms with E-state index in [1.165, 1.54) is 14.2 Å². The summed E-state index contributed by atoms with van der Waals surface area (Å²) in [6.45, 7) is 0. The molecule has 0 aliphatic rings. The normalized spacial score (nSPS) is 14.5. The van der Waals surface area contributed by atoms with Crippen LogP contribution in [0.5, 0.6) is 0 Å². The SMILES string of the molecule is COC(OC)[C@@H](N)CC(F)F. The molecule has 0 spiro atoms. The van der Waals surface area contributed by atoms with Crippen molar-refractivity contribution in [2.45, 2.75) is 25.2 Å². The van der Waals surface area contributed by atoms with E-state index in [0.29, 0.717) is 0 Å². The smallest absolute Gasteiger partial charge is 0.240 e. The molecule has 2 N–H and O–H groups in total. The van der Waals surface area contributed by atoms with Crippen molar-refractivity contribution < 1.29 is 18.3 Å². The number of alkyl halides is 2. The summed E-state index contributed by atoms with van der Waals surface area (Å²) >= 11 is 0. The first-order valence-corrected chi connectivity index (χ1v) is 3.21. The average molecular weight is 169 g/mol. The Labute approximate surface area is 64.5 Å². The van der Waals surface area contributed by atoms with Gasteiger partial charge >= 0.3 is 0 Å².